The second-order valence-corrected chi connectivity index (χ2v) is 12.6. The van der Waals surface area contributed by atoms with Crippen LogP contribution in [-0.2, 0) is 6.54 Å². The van der Waals surface area contributed by atoms with Gasteiger partial charge in [-0.25, -0.2) is 4.79 Å². The summed E-state index contributed by atoms with van der Waals surface area (Å²) in [6, 6.07) is 24.0. The Balaban J connectivity index is 1.20. The number of likely N-dealkylation sites (tertiary alicyclic amines) is 2. The predicted octanol–water partition coefficient (Wildman–Crippen LogP) is 6.11. The molecule has 1 saturated carbocycles. The number of hydrogen-bond acceptors (Lipinski definition) is 3. The molecule has 6 rings (SSSR count). The first kappa shape index (κ1) is 26.8. The molecule has 1 spiro atoms. The number of hydrogen-bond donors (Lipinski definition) is 1. The minimum Gasteiger partial charge on any atom is -0.390 e. The van der Waals surface area contributed by atoms with Crippen molar-refractivity contribution in [1.29, 1.82) is 0 Å². The number of amides is 2. The monoisotopic (exact) mass is 539 g/mol. The van der Waals surface area contributed by atoms with Crippen molar-refractivity contribution in [3.8, 4) is 11.1 Å². The highest BCUT2D eigenvalue weighted by Crippen LogP contribution is 2.49. The van der Waals surface area contributed by atoms with Crippen LogP contribution in [0.5, 0.6) is 0 Å². The number of carbonyl (C=O) groups is 1. The van der Waals surface area contributed by atoms with Gasteiger partial charge in [0, 0.05) is 44.9 Å². The normalized spacial score (nSPS) is 26.2. The van der Waals surface area contributed by atoms with Gasteiger partial charge in [0.15, 0.2) is 0 Å². The Morgan fingerprint density at radius 2 is 1.62 bits per heavy atom. The highest BCUT2D eigenvalue weighted by Gasteiger charge is 2.48. The zero-order chi connectivity index (χ0) is 27.7. The number of aromatic nitrogens is 1. The average Bonchev–Trinajstić information content (AvgIpc) is 3.44. The smallest absolute Gasteiger partial charge is 0.320 e. The van der Waals surface area contributed by atoms with E-state index in [-0.39, 0.29) is 23.0 Å². The number of rotatable bonds is 4. The molecule has 3 atom stereocenters. The lowest BCUT2D eigenvalue weighted by Crippen LogP contribution is -2.57. The van der Waals surface area contributed by atoms with E-state index in [9.17, 15) is 14.7 Å². The third-order valence-corrected chi connectivity index (χ3v) is 9.84. The second kappa shape index (κ2) is 10.9. The van der Waals surface area contributed by atoms with Crippen molar-refractivity contribution in [2.75, 3.05) is 19.6 Å². The lowest BCUT2D eigenvalue weighted by atomic mass is 9.69. The van der Waals surface area contributed by atoms with E-state index in [4.69, 9.17) is 0 Å². The zero-order valence-electron chi connectivity index (χ0n) is 23.5. The van der Waals surface area contributed by atoms with E-state index >= 15 is 0 Å². The fraction of sp³-hybridized carbons (Fsp3) is 0.471. The van der Waals surface area contributed by atoms with Crippen LogP contribution in [-0.4, -0.2) is 50.7 Å². The van der Waals surface area contributed by atoms with Crippen molar-refractivity contribution in [2.45, 2.75) is 70.1 Å². The molecule has 6 heteroatoms. The highest BCUT2D eigenvalue weighted by molar-refractivity contribution is 5.75. The van der Waals surface area contributed by atoms with Gasteiger partial charge in [0.1, 0.15) is 0 Å². The molecule has 40 heavy (non-hydrogen) atoms. The van der Waals surface area contributed by atoms with E-state index in [1.54, 1.807) is 6.07 Å². The molecule has 1 aliphatic carbocycles. The van der Waals surface area contributed by atoms with Gasteiger partial charge in [-0.05, 0) is 66.7 Å². The summed E-state index contributed by atoms with van der Waals surface area (Å²) in [5.41, 5.74) is 2.40. The molecule has 1 N–H and O–H groups in total. The molecule has 0 radical (unpaired) electrons. The molecule has 1 aromatic heterocycles. The van der Waals surface area contributed by atoms with E-state index in [0.717, 1.165) is 42.5 Å². The number of pyridine rings is 1. The summed E-state index contributed by atoms with van der Waals surface area (Å²) in [5, 5.41) is 10.9. The van der Waals surface area contributed by atoms with Crippen LogP contribution >= 0.6 is 0 Å². The van der Waals surface area contributed by atoms with Gasteiger partial charge in [-0.1, -0.05) is 73.5 Å². The molecule has 0 bridgehead atoms. The maximum atomic E-state index is 14.1. The summed E-state index contributed by atoms with van der Waals surface area (Å²) in [6.45, 7) is 4.60. The Morgan fingerprint density at radius 1 is 0.925 bits per heavy atom. The van der Waals surface area contributed by atoms with E-state index in [1.807, 2.05) is 77.2 Å². The predicted molar refractivity (Wildman–Crippen MR) is 158 cm³/mol. The molecule has 3 aliphatic rings. The topological polar surface area (TPSA) is 65.8 Å². The third kappa shape index (κ3) is 5.34. The first-order valence-electron chi connectivity index (χ1n) is 14.9. The average molecular weight is 540 g/mol. The van der Waals surface area contributed by atoms with E-state index in [0.29, 0.717) is 38.4 Å². The number of nitrogens with zero attached hydrogens (tertiary/aromatic N) is 3. The SMILES string of the molecule is C[C@@]1(O)CCN(C(=O)N2CCC(Cn3ccc(-c4ccccc4)cc3=O)C3(CCCC3)C2)[C@H](c2ccccc2)C1. The van der Waals surface area contributed by atoms with Crippen molar-refractivity contribution in [2.24, 2.45) is 11.3 Å². The van der Waals surface area contributed by atoms with Crippen LogP contribution in [0.15, 0.2) is 83.8 Å². The van der Waals surface area contributed by atoms with Gasteiger partial charge in [-0.15, -0.1) is 0 Å². The Hall–Kier alpha value is -3.38. The largest absolute Gasteiger partial charge is 0.390 e. The van der Waals surface area contributed by atoms with Gasteiger partial charge in [0.2, 0.25) is 0 Å². The third-order valence-electron chi connectivity index (χ3n) is 9.84. The van der Waals surface area contributed by atoms with Gasteiger partial charge in [0.25, 0.3) is 5.56 Å². The lowest BCUT2D eigenvalue weighted by Gasteiger charge is -2.50. The van der Waals surface area contributed by atoms with Crippen molar-refractivity contribution in [1.82, 2.24) is 14.4 Å². The molecule has 2 amide bonds. The number of carbonyl (C=O) groups excluding carboxylic acids is 1. The first-order valence-corrected chi connectivity index (χ1v) is 14.9. The van der Waals surface area contributed by atoms with Crippen LogP contribution in [0.2, 0.25) is 0 Å². The number of urea groups is 1. The molecule has 1 unspecified atom stereocenters. The van der Waals surface area contributed by atoms with E-state index in [2.05, 4.69) is 17.0 Å². The maximum absolute atomic E-state index is 14.1. The fourth-order valence-electron chi connectivity index (χ4n) is 7.54. The van der Waals surface area contributed by atoms with Crippen LogP contribution in [0.1, 0.15) is 63.5 Å². The summed E-state index contributed by atoms with van der Waals surface area (Å²) < 4.78 is 1.88. The van der Waals surface area contributed by atoms with Crippen molar-refractivity contribution in [3.63, 3.8) is 0 Å². The standard InChI is InChI=1S/C34H41N3O3/c1-33(40)18-21-37(30(23-33)27-12-6-3-7-13-27)32(39)36-20-15-29(34(25-36)16-8-9-17-34)24-35-19-14-28(22-31(35)38)26-10-4-2-5-11-26/h2-7,10-14,19,22,29-30,40H,8-9,15-18,20-21,23-25H2,1H3/t29?,30-,33+/m0/s1. The first-order chi connectivity index (χ1) is 19.3. The molecule has 2 saturated heterocycles. The summed E-state index contributed by atoms with van der Waals surface area (Å²) in [4.78, 5) is 31.3. The molecule has 3 fully saturated rings. The van der Waals surface area contributed by atoms with Crippen LogP contribution in [0.3, 0.4) is 0 Å². The van der Waals surface area contributed by atoms with E-state index in [1.165, 1.54) is 12.8 Å². The van der Waals surface area contributed by atoms with Gasteiger partial charge in [-0.2, -0.15) is 0 Å². The molecule has 3 heterocycles. The van der Waals surface area contributed by atoms with Crippen molar-refractivity contribution in [3.05, 3.63) is 94.9 Å². The molecule has 210 valence electrons. The minimum absolute atomic E-state index is 0.0408. The van der Waals surface area contributed by atoms with Gasteiger partial charge < -0.3 is 19.5 Å². The van der Waals surface area contributed by atoms with Gasteiger partial charge in [0.05, 0.1) is 11.6 Å². The minimum atomic E-state index is -0.778. The summed E-state index contributed by atoms with van der Waals surface area (Å²) >= 11 is 0. The quantitative estimate of drug-likeness (QED) is 0.435. The molecular weight excluding hydrogens is 498 g/mol. The second-order valence-electron chi connectivity index (χ2n) is 12.6. The molecule has 6 nitrogen and oxygen atoms in total. The summed E-state index contributed by atoms with van der Waals surface area (Å²) in [5.74, 6) is 0.367. The van der Waals surface area contributed by atoms with Crippen molar-refractivity contribution < 1.29 is 9.90 Å². The summed E-state index contributed by atoms with van der Waals surface area (Å²) in [7, 11) is 0. The number of aliphatic hydroxyl groups is 1. The molecule has 2 aromatic carbocycles. The Morgan fingerprint density at radius 3 is 2.33 bits per heavy atom. The van der Waals surface area contributed by atoms with Gasteiger partial charge >= 0.3 is 6.03 Å². The Bertz CT molecular complexity index is 1380. The van der Waals surface area contributed by atoms with Crippen LogP contribution in [0.25, 0.3) is 11.1 Å². The number of benzene rings is 2. The zero-order valence-corrected chi connectivity index (χ0v) is 23.5. The van der Waals surface area contributed by atoms with Crippen LogP contribution < -0.4 is 5.56 Å². The maximum Gasteiger partial charge on any atom is 0.320 e. The Labute approximate surface area is 237 Å². The van der Waals surface area contributed by atoms with Gasteiger partial charge in [-0.3, -0.25) is 4.79 Å². The Kier molecular flexibility index (Phi) is 7.30. The number of piperidine rings is 2. The van der Waals surface area contributed by atoms with E-state index < -0.39 is 5.60 Å². The van der Waals surface area contributed by atoms with Crippen LogP contribution in [0.4, 0.5) is 4.79 Å². The molecule has 2 aliphatic heterocycles. The molecule has 3 aromatic rings. The van der Waals surface area contributed by atoms with Crippen LogP contribution in [0, 0.1) is 11.3 Å². The highest BCUT2D eigenvalue weighted by atomic mass is 16.3. The fourth-order valence-corrected chi connectivity index (χ4v) is 7.54. The molecular formula is C34H41N3O3. The summed E-state index contributed by atoms with van der Waals surface area (Å²) in [6.07, 6.45) is 8.57. The van der Waals surface area contributed by atoms with Crippen molar-refractivity contribution >= 4 is 6.03 Å². The lowest BCUT2D eigenvalue weighted by molar-refractivity contribution is -0.0325.